The minimum absolute atomic E-state index is 0.404. The number of unbranched alkanes of at least 4 members (excludes halogenated alkanes) is 2. The molecule has 0 saturated heterocycles. The van der Waals surface area contributed by atoms with Crippen LogP contribution in [0, 0.1) is 0 Å². The monoisotopic (exact) mass is 247 g/mol. The number of aldehydes is 1. The fourth-order valence-corrected chi connectivity index (χ4v) is 1.88. The van der Waals surface area contributed by atoms with E-state index >= 15 is 0 Å². The lowest BCUT2D eigenvalue weighted by molar-refractivity contribution is 0.112. The number of anilines is 1. The number of carbonyl (C=O) groups is 1. The van der Waals surface area contributed by atoms with Gasteiger partial charge in [-0.2, -0.15) is 5.10 Å². The number of nitrogen functional groups attached to an aromatic ring is 1. The fraction of sp³-hybridized carbons (Fsp3) is 0.385. The molecular formula is C13H17N3O2. The van der Waals surface area contributed by atoms with Crippen LogP contribution in [0.2, 0.25) is 0 Å². The molecule has 0 radical (unpaired) electrons. The number of hydrogen-bond donors (Lipinski definition) is 1. The highest BCUT2D eigenvalue weighted by Crippen LogP contribution is 2.26. The van der Waals surface area contributed by atoms with Crippen molar-refractivity contribution in [3.05, 3.63) is 24.0 Å². The molecule has 0 atom stereocenters. The molecule has 18 heavy (non-hydrogen) atoms. The van der Waals surface area contributed by atoms with Gasteiger partial charge in [0.05, 0.1) is 11.8 Å². The molecule has 2 heterocycles. The molecular weight excluding hydrogens is 230 g/mol. The summed E-state index contributed by atoms with van der Waals surface area (Å²) in [4.78, 5) is 11.1. The molecule has 0 spiro atoms. The number of aryl methyl sites for hydroxylation is 1. The van der Waals surface area contributed by atoms with Gasteiger partial charge in [-0.05, 0) is 18.6 Å². The van der Waals surface area contributed by atoms with Crippen LogP contribution in [0.5, 0.6) is 0 Å². The van der Waals surface area contributed by atoms with Crippen molar-refractivity contribution in [1.29, 1.82) is 0 Å². The predicted octanol–water partition coefficient (Wildman–Crippen LogP) is 2.73. The summed E-state index contributed by atoms with van der Waals surface area (Å²) < 4.78 is 6.94. The molecule has 0 amide bonds. The Balaban J connectivity index is 2.30. The molecule has 2 N–H and O–H groups in total. The molecule has 0 aliphatic heterocycles. The highest BCUT2D eigenvalue weighted by molar-refractivity contribution is 5.90. The second-order valence-corrected chi connectivity index (χ2v) is 4.17. The molecule has 0 bridgehead atoms. The van der Waals surface area contributed by atoms with E-state index in [1.807, 2.05) is 0 Å². The van der Waals surface area contributed by atoms with Crippen molar-refractivity contribution in [2.45, 2.75) is 32.7 Å². The summed E-state index contributed by atoms with van der Waals surface area (Å²) >= 11 is 0. The Bertz CT molecular complexity index is 515. The Morgan fingerprint density at radius 2 is 2.33 bits per heavy atom. The van der Waals surface area contributed by atoms with Gasteiger partial charge in [0.2, 0.25) is 0 Å². The minimum atomic E-state index is 0.404. The number of nitrogens with two attached hydrogens (primary N) is 1. The Morgan fingerprint density at radius 1 is 1.50 bits per heavy atom. The second-order valence-electron chi connectivity index (χ2n) is 4.17. The van der Waals surface area contributed by atoms with Crippen LogP contribution in [-0.2, 0) is 6.54 Å². The molecule has 0 aliphatic carbocycles. The molecule has 0 unspecified atom stereocenters. The summed E-state index contributed by atoms with van der Waals surface area (Å²) in [5, 5.41) is 4.36. The van der Waals surface area contributed by atoms with E-state index in [0.29, 0.717) is 22.8 Å². The Labute approximate surface area is 106 Å². The molecule has 5 heteroatoms. The van der Waals surface area contributed by atoms with Crippen LogP contribution < -0.4 is 5.73 Å². The predicted molar refractivity (Wildman–Crippen MR) is 69.3 cm³/mol. The third-order valence-electron chi connectivity index (χ3n) is 2.88. The lowest BCUT2D eigenvalue weighted by atomic mass is 10.2. The van der Waals surface area contributed by atoms with Crippen molar-refractivity contribution in [3.63, 3.8) is 0 Å². The Morgan fingerprint density at radius 3 is 2.94 bits per heavy atom. The van der Waals surface area contributed by atoms with Crippen molar-refractivity contribution < 1.29 is 9.21 Å². The van der Waals surface area contributed by atoms with Gasteiger partial charge in [0.1, 0.15) is 11.5 Å². The van der Waals surface area contributed by atoms with E-state index < -0.39 is 0 Å². The third-order valence-corrected chi connectivity index (χ3v) is 2.88. The zero-order chi connectivity index (χ0) is 13.0. The largest absolute Gasteiger partial charge is 0.463 e. The van der Waals surface area contributed by atoms with E-state index in [4.69, 9.17) is 10.2 Å². The summed E-state index contributed by atoms with van der Waals surface area (Å²) in [5.74, 6) is 0.977. The van der Waals surface area contributed by atoms with Crippen molar-refractivity contribution in [1.82, 2.24) is 9.78 Å². The van der Waals surface area contributed by atoms with E-state index in [1.165, 1.54) is 0 Å². The van der Waals surface area contributed by atoms with Gasteiger partial charge in [-0.3, -0.25) is 4.79 Å². The van der Waals surface area contributed by atoms with Crippen LogP contribution in [0.3, 0.4) is 0 Å². The summed E-state index contributed by atoms with van der Waals surface area (Å²) in [6.45, 7) is 2.86. The average molecular weight is 247 g/mol. The average Bonchev–Trinajstić information content (AvgIpc) is 2.98. The van der Waals surface area contributed by atoms with Gasteiger partial charge in [0.15, 0.2) is 12.0 Å². The normalized spacial score (nSPS) is 10.7. The molecule has 0 fully saturated rings. The summed E-state index contributed by atoms with van der Waals surface area (Å²) in [5.41, 5.74) is 6.85. The minimum Gasteiger partial charge on any atom is -0.463 e. The van der Waals surface area contributed by atoms with E-state index in [1.54, 1.807) is 23.1 Å². The molecule has 2 rings (SSSR count). The first-order valence-corrected chi connectivity index (χ1v) is 6.13. The number of aromatic nitrogens is 2. The van der Waals surface area contributed by atoms with Crippen LogP contribution in [0.4, 0.5) is 5.82 Å². The van der Waals surface area contributed by atoms with Gasteiger partial charge < -0.3 is 10.2 Å². The Kier molecular flexibility index (Phi) is 3.82. The molecule has 96 valence electrons. The highest BCUT2D eigenvalue weighted by atomic mass is 16.3. The maximum atomic E-state index is 11.1. The van der Waals surface area contributed by atoms with Crippen LogP contribution in [0.15, 0.2) is 22.8 Å². The third kappa shape index (κ3) is 2.30. The first-order chi connectivity index (χ1) is 8.77. The van der Waals surface area contributed by atoms with Gasteiger partial charge in [-0.25, -0.2) is 4.68 Å². The Hall–Kier alpha value is -2.04. The van der Waals surface area contributed by atoms with Crippen molar-refractivity contribution in [2.24, 2.45) is 0 Å². The van der Waals surface area contributed by atoms with Crippen molar-refractivity contribution in [3.8, 4) is 11.5 Å². The van der Waals surface area contributed by atoms with Crippen LogP contribution in [0.1, 0.15) is 36.5 Å². The van der Waals surface area contributed by atoms with E-state index in [0.717, 1.165) is 32.1 Å². The molecule has 0 aromatic carbocycles. The first-order valence-electron chi connectivity index (χ1n) is 6.13. The lowest BCUT2D eigenvalue weighted by Gasteiger charge is -2.02. The molecule has 5 nitrogen and oxygen atoms in total. The quantitative estimate of drug-likeness (QED) is 0.629. The van der Waals surface area contributed by atoms with Gasteiger partial charge in [-0.1, -0.05) is 19.8 Å². The SMILES string of the molecule is CCCCCn1nc(-c2ccco2)c(C=O)c1N. The van der Waals surface area contributed by atoms with E-state index in [9.17, 15) is 4.79 Å². The molecule has 2 aromatic rings. The molecule has 0 saturated carbocycles. The zero-order valence-corrected chi connectivity index (χ0v) is 10.4. The first kappa shape index (κ1) is 12.4. The number of nitrogens with zero attached hydrogens (tertiary/aromatic N) is 2. The van der Waals surface area contributed by atoms with Crippen LogP contribution in [0.25, 0.3) is 11.5 Å². The molecule has 0 aliphatic rings. The van der Waals surface area contributed by atoms with Crippen molar-refractivity contribution in [2.75, 3.05) is 5.73 Å². The lowest BCUT2D eigenvalue weighted by Crippen LogP contribution is -2.05. The number of hydrogen-bond acceptors (Lipinski definition) is 4. The smallest absolute Gasteiger partial charge is 0.156 e. The number of carbonyl (C=O) groups excluding carboxylic acids is 1. The fourth-order valence-electron chi connectivity index (χ4n) is 1.88. The highest BCUT2D eigenvalue weighted by Gasteiger charge is 2.17. The van der Waals surface area contributed by atoms with Gasteiger partial charge in [-0.15, -0.1) is 0 Å². The van der Waals surface area contributed by atoms with Crippen LogP contribution >= 0.6 is 0 Å². The maximum Gasteiger partial charge on any atom is 0.156 e. The summed E-state index contributed by atoms with van der Waals surface area (Å²) in [7, 11) is 0. The van der Waals surface area contributed by atoms with Gasteiger partial charge >= 0.3 is 0 Å². The van der Waals surface area contributed by atoms with E-state index in [-0.39, 0.29) is 0 Å². The number of furan rings is 1. The standard InChI is InChI=1S/C13H17N3O2/c1-2-3-4-7-16-13(14)10(9-17)12(15-16)11-6-5-8-18-11/h5-6,8-9H,2-4,7,14H2,1H3. The second kappa shape index (κ2) is 5.53. The van der Waals surface area contributed by atoms with Gasteiger partial charge in [0, 0.05) is 6.54 Å². The number of rotatable bonds is 6. The molecule has 2 aromatic heterocycles. The van der Waals surface area contributed by atoms with Gasteiger partial charge in [0.25, 0.3) is 0 Å². The van der Waals surface area contributed by atoms with Crippen molar-refractivity contribution >= 4 is 12.1 Å². The van der Waals surface area contributed by atoms with E-state index in [2.05, 4.69) is 12.0 Å². The summed E-state index contributed by atoms with van der Waals surface area (Å²) in [6.07, 6.45) is 5.53. The maximum absolute atomic E-state index is 11.1. The van der Waals surface area contributed by atoms with Crippen LogP contribution in [-0.4, -0.2) is 16.1 Å². The topological polar surface area (TPSA) is 74.0 Å². The zero-order valence-electron chi connectivity index (χ0n) is 10.4. The summed E-state index contributed by atoms with van der Waals surface area (Å²) in [6, 6.07) is 3.53.